The van der Waals surface area contributed by atoms with E-state index in [9.17, 15) is 9.59 Å². The molecule has 1 saturated carbocycles. The van der Waals surface area contributed by atoms with Gasteiger partial charge in [-0.1, -0.05) is 41.5 Å². The number of nitrogens with zero attached hydrogens (tertiary/aromatic N) is 3. The minimum atomic E-state index is -1.09. The summed E-state index contributed by atoms with van der Waals surface area (Å²) in [4.78, 5) is 28.7. The van der Waals surface area contributed by atoms with Crippen LogP contribution in [0.4, 0.5) is 5.69 Å². The second kappa shape index (κ2) is 6.18. The Kier molecular flexibility index (Phi) is 4.06. The third kappa shape index (κ3) is 2.53. The lowest BCUT2D eigenvalue weighted by molar-refractivity contribution is 0.0781. The summed E-state index contributed by atoms with van der Waals surface area (Å²) in [6.07, 6.45) is 0.959. The van der Waals surface area contributed by atoms with Gasteiger partial charge in [0.05, 0.1) is 18.1 Å². The summed E-state index contributed by atoms with van der Waals surface area (Å²) < 4.78 is 5.24. The SMILES string of the molecule is COc1ccccc1C(=O)C1(C(=O)c2ccccc2N=[N+]=[N-])CC1. The molecule has 0 spiro atoms. The van der Waals surface area contributed by atoms with Crippen molar-refractivity contribution in [1.82, 2.24) is 0 Å². The molecule has 6 heteroatoms. The molecule has 1 aliphatic carbocycles. The molecule has 0 aromatic heterocycles. The predicted octanol–water partition coefficient (Wildman–Crippen LogP) is 4.48. The van der Waals surface area contributed by atoms with Gasteiger partial charge in [0, 0.05) is 16.2 Å². The molecule has 0 unspecified atom stereocenters. The average Bonchev–Trinajstić information content (AvgIpc) is 3.43. The quantitative estimate of drug-likeness (QED) is 0.258. The highest BCUT2D eigenvalue weighted by Gasteiger charge is 2.57. The zero-order chi connectivity index (χ0) is 17.2. The van der Waals surface area contributed by atoms with Gasteiger partial charge >= 0.3 is 0 Å². The Balaban J connectivity index is 2.01. The van der Waals surface area contributed by atoms with Crippen LogP contribution in [0, 0.1) is 5.41 Å². The number of azide groups is 1. The first kappa shape index (κ1) is 15.8. The zero-order valence-electron chi connectivity index (χ0n) is 13.1. The van der Waals surface area contributed by atoms with E-state index in [1.54, 1.807) is 48.5 Å². The number of rotatable bonds is 6. The standard InChI is InChI=1S/C18H15N3O3/c1-24-15-9-5-3-7-13(15)17(23)18(10-11-18)16(22)12-6-2-4-8-14(12)20-21-19/h2-9H,10-11H2,1H3. The average molecular weight is 321 g/mol. The van der Waals surface area contributed by atoms with E-state index < -0.39 is 5.41 Å². The van der Waals surface area contributed by atoms with Gasteiger partial charge in [0.15, 0.2) is 11.6 Å². The van der Waals surface area contributed by atoms with Crippen molar-refractivity contribution in [3.8, 4) is 5.75 Å². The fourth-order valence-corrected chi connectivity index (χ4v) is 2.83. The van der Waals surface area contributed by atoms with Gasteiger partial charge in [-0.3, -0.25) is 9.59 Å². The van der Waals surface area contributed by atoms with Crippen molar-refractivity contribution in [2.45, 2.75) is 12.8 Å². The molecule has 1 fully saturated rings. The van der Waals surface area contributed by atoms with Crippen LogP contribution in [0.15, 0.2) is 53.6 Å². The Hall–Kier alpha value is -3.11. The monoisotopic (exact) mass is 321 g/mol. The topological polar surface area (TPSA) is 92.1 Å². The van der Waals surface area contributed by atoms with Crippen LogP contribution in [0.2, 0.25) is 0 Å². The summed E-state index contributed by atoms with van der Waals surface area (Å²) in [7, 11) is 1.49. The Morgan fingerprint density at radius 1 is 1.04 bits per heavy atom. The molecule has 120 valence electrons. The maximum Gasteiger partial charge on any atom is 0.180 e. The molecular formula is C18H15N3O3. The van der Waals surface area contributed by atoms with Crippen molar-refractivity contribution >= 4 is 17.3 Å². The summed E-state index contributed by atoms with van der Waals surface area (Å²) in [5.74, 6) is -0.105. The van der Waals surface area contributed by atoms with E-state index in [0.29, 0.717) is 24.2 Å². The molecule has 3 rings (SSSR count). The largest absolute Gasteiger partial charge is 0.496 e. The molecule has 0 radical (unpaired) electrons. The van der Waals surface area contributed by atoms with E-state index in [4.69, 9.17) is 10.3 Å². The number of Topliss-reactive ketones (excluding diaryl/α,β-unsaturated/α-hetero) is 2. The van der Waals surface area contributed by atoms with Crippen molar-refractivity contribution in [2.75, 3.05) is 7.11 Å². The molecule has 2 aromatic rings. The Morgan fingerprint density at radius 3 is 2.25 bits per heavy atom. The molecule has 6 nitrogen and oxygen atoms in total. The fourth-order valence-electron chi connectivity index (χ4n) is 2.83. The second-order valence-corrected chi connectivity index (χ2v) is 5.65. The number of ether oxygens (including phenoxy) is 1. The minimum Gasteiger partial charge on any atom is -0.496 e. The maximum atomic E-state index is 13.0. The Bertz CT molecular complexity index is 865. The number of ketones is 2. The number of carbonyl (C=O) groups is 2. The van der Waals surface area contributed by atoms with Crippen molar-refractivity contribution in [3.05, 3.63) is 70.1 Å². The van der Waals surface area contributed by atoms with Gasteiger partial charge in [0.1, 0.15) is 5.75 Å². The van der Waals surface area contributed by atoms with Gasteiger partial charge < -0.3 is 4.74 Å². The van der Waals surface area contributed by atoms with E-state index in [1.807, 2.05) is 0 Å². The number of para-hydroxylation sites is 1. The first-order valence-corrected chi connectivity index (χ1v) is 7.51. The Morgan fingerprint density at radius 2 is 1.62 bits per heavy atom. The molecule has 0 aliphatic heterocycles. The predicted molar refractivity (Wildman–Crippen MR) is 88.6 cm³/mol. The summed E-state index contributed by atoms with van der Waals surface area (Å²) in [6.45, 7) is 0. The summed E-state index contributed by atoms with van der Waals surface area (Å²) in [6, 6.07) is 13.4. The lowest BCUT2D eigenvalue weighted by atomic mass is 9.86. The molecule has 0 bridgehead atoms. The van der Waals surface area contributed by atoms with Gasteiger partial charge in [0.25, 0.3) is 0 Å². The van der Waals surface area contributed by atoms with Crippen LogP contribution < -0.4 is 4.74 Å². The third-order valence-electron chi connectivity index (χ3n) is 4.27. The highest BCUT2D eigenvalue weighted by molar-refractivity contribution is 6.23. The highest BCUT2D eigenvalue weighted by atomic mass is 16.5. The van der Waals surface area contributed by atoms with E-state index in [2.05, 4.69) is 10.0 Å². The van der Waals surface area contributed by atoms with E-state index >= 15 is 0 Å². The van der Waals surface area contributed by atoms with Crippen molar-refractivity contribution < 1.29 is 14.3 Å². The first-order valence-electron chi connectivity index (χ1n) is 7.51. The minimum absolute atomic E-state index is 0.240. The molecule has 0 amide bonds. The number of hydrogen-bond acceptors (Lipinski definition) is 4. The number of carbonyl (C=O) groups excluding carboxylic acids is 2. The van der Waals surface area contributed by atoms with Crippen molar-refractivity contribution in [3.63, 3.8) is 0 Å². The maximum absolute atomic E-state index is 13.0. The molecule has 0 N–H and O–H groups in total. The van der Waals surface area contributed by atoms with Crippen LogP contribution in [0.1, 0.15) is 33.6 Å². The Labute approximate surface area is 138 Å². The van der Waals surface area contributed by atoms with Gasteiger partial charge in [-0.25, -0.2) is 0 Å². The van der Waals surface area contributed by atoms with Crippen LogP contribution in [-0.4, -0.2) is 18.7 Å². The van der Waals surface area contributed by atoms with Crippen molar-refractivity contribution in [2.24, 2.45) is 10.5 Å². The van der Waals surface area contributed by atoms with Gasteiger partial charge in [-0.2, -0.15) is 0 Å². The lowest BCUT2D eigenvalue weighted by Crippen LogP contribution is -2.26. The number of methoxy groups -OCH3 is 1. The summed E-state index contributed by atoms with van der Waals surface area (Å²) in [5.41, 5.74) is 8.49. The zero-order valence-corrected chi connectivity index (χ0v) is 13.1. The molecule has 0 atom stereocenters. The summed E-state index contributed by atoms with van der Waals surface area (Å²) >= 11 is 0. The van der Waals surface area contributed by atoms with Crippen LogP contribution in [0.25, 0.3) is 10.4 Å². The molecule has 2 aromatic carbocycles. The van der Waals surface area contributed by atoms with Crippen LogP contribution in [0.5, 0.6) is 5.75 Å². The molecular weight excluding hydrogens is 306 g/mol. The normalized spacial score (nSPS) is 14.4. The van der Waals surface area contributed by atoms with Gasteiger partial charge in [-0.05, 0) is 30.5 Å². The number of hydrogen-bond donors (Lipinski definition) is 0. The molecule has 0 saturated heterocycles. The summed E-state index contributed by atoms with van der Waals surface area (Å²) in [5, 5.41) is 3.56. The van der Waals surface area contributed by atoms with E-state index in [1.165, 1.54) is 7.11 Å². The number of benzene rings is 2. The van der Waals surface area contributed by atoms with Crippen LogP contribution >= 0.6 is 0 Å². The third-order valence-corrected chi connectivity index (χ3v) is 4.27. The fraction of sp³-hybridized carbons (Fsp3) is 0.222. The van der Waals surface area contributed by atoms with Gasteiger partial charge in [0.2, 0.25) is 0 Å². The smallest absolute Gasteiger partial charge is 0.180 e. The van der Waals surface area contributed by atoms with E-state index in [0.717, 1.165) is 0 Å². The van der Waals surface area contributed by atoms with E-state index in [-0.39, 0.29) is 22.8 Å². The van der Waals surface area contributed by atoms with Crippen LogP contribution in [0.3, 0.4) is 0 Å². The second-order valence-electron chi connectivity index (χ2n) is 5.65. The molecule has 1 aliphatic rings. The molecule has 24 heavy (non-hydrogen) atoms. The van der Waals surface area contributed by atoms with Crippen LogP contribution in [-0.2, 0) is 0 Å². The molecule has 0 heterocycles. The lowest BCUT2D eigenvalue weighted by Gasteiger charge is -2.16. The highest BCUT2D eigenvalue weighted by Crippen LogP contribution is 2.52. The van der Waals surface area contributed by atoms with Gasteiger partial charge in [-0.15, -0.1) is 0 Å². The van der Waals surface area contributed by atoms with Crippen molar-refractivity contribution in [1.29, 1.82) is 0 Å². The first-order chi connectivity index (χ1) is 11.6.